The summed E-state index contributed by atoms with van der Waals surface area (Å²) in [6, 6.07) is -0.694. The lowest BCUT2D eigenvalue weighted by molar-refractivity contribution is -0.185. The van der Waals surface area contributed by atoms with Crippen molar-refractivity contribution >= 4 is 18.3 Å². The van der Waals surface area contributed by atoms with Crippen LogP contribution in [0.25, 0.3) is 0 Å². The first-order valence-electron chi connectivity index (χ1n) is 5.54. The number of hydrogen-bond acceptors (Lipinski definition) is 3. The van der Waals surface area contributed by atoms with Gasteiger partial charge in [-0.25, -0.2) is 8.78 Å². The van der Waals surface area contributed by atoms with Crippen LogP contribution in [0.15, 0.2) is 0 Å². The van der Waals surface area contributed by atoms with Gasteiger partial charge in [-0.1, -0.05) is 0 Å². The minimum atomic E-state index is -4.66. The zero-order chi connectivity index (χ0) is 13.9. The number of carbonyl (C=O) groups is 1. The Morgan fingerprint density at radius 1 is 1.53 bits per heavy atom. The molecule has 1 aliphatic heterocycles. The maximum Gasteiger partial charge on any atom is 0.383 e. The van der Waals surface area contributed by atoms with E-state index in [-0.39, 0.29) is 38.0 Å². The van der Waals surface area contributed by atoms with Crippen LogP contribution < -0.4 is 5.73 Å². The first-order chi connectivity index (χ1) is 8.34. The van der Waals surface area contributed by atoms with E-state index in [0.29, 0.717) is 6.42 Å². The lowest BCUT2D eigenvalue weighted by Crippen LogP contribution is -2.57. The molecule has 0 bridgehead atoms. The fourth-order valence-electron chi connectivity index (χ4n) is 2.00. The summed E-state index contributed by atoms with van der Waals surface area (Å²) in [5.74, 6) is -6.52. The average Bonchev–Trinajstić information content (AvgIpc) is 2.36. The average molecular weight is 309 g/mol. The molecule has 0 aliphatic carbocycles. The zero-order valence-electron chi connectivity index (χ0n) is 10.3. The Labute approximate surface area is 114 Å². The highest BCUT2D eigenvalue weighted by molar-refractivity contribution is 5.85. The number of halogens is 5. The molecule has 1 heterocycles. The molecular weight excluding hydrogens is 292 g/mol. The van der Waals surface area contributed by atoms with Crippen LogP contribution in [-0.4, -0.2) is 55.5 Å². The topological polar surface area (TPSA) is 55.6 Å². The van der Waals surface area contributed by atoms with E-state index in [1.807, 2.05) is 0 Å². The molecule has 2 N–H and O–H groups in total. The van der Waals surface area contributed by atoms with Gasteiger partial charge in [0.1, 0.15) is 0 Å². The number of methoxy groups -OCH3 is 1. The molecule has 1 aliphatic rings. The summed E-state index contributed by atoms with van der Waals surface area (Å²) < 4.78 is 55.3. The molecule has 0 aromatic heterocycles. The molecule has 1 saturated heterocycles. The number of rotatable bonds is 4. The summed E-state index contributed by atoms with van der Waals surface area (Å²) in [6.45, 7) is -0.119. The van der Waals surface area contributed by atoms with E-state index >= 15 is 0 Å². The lowest BCUT2D eigenvalue weighted by Gasteiger charge is -2.39. The molecule has 1 fully saturated rings. The minimum absolute atomic E-state index is 0. The van der Waals surface area contributed by atoms with Crippen molar-refractivity contribution in [1.29, 1.82) is 0 Å². The molecule has 0 saturated carbocycles. The third-order valence-corrected chi connectivity index (χ3v) is 3.09. The molecule has 0 spiro atoms. The molecule has 9 heteroatoms. The number of piperidine rings is 1. The number of alkyl halides is 4. The Morgan fingerprint density at radius 2 is 2.11 bits per heavy atom. The van der Waals surface area contributed by atoms with Gasteiger partial charge in [0, 0.05) is 26.2 Å². The Morgan fingerprint density at radius 3 is 2.53 bits per heavy atom. The van der Waals surface area contributed by atoms with E-state index in [0.717, 1.165) is 4.90 Å². The second-order valence-corrected chi connectivity index (χ2v) is 4.19. The molecule has 114 valence electrons. The van der Waals surface area contributed by atoms with Crippen LogP contribution in [-0.2, 0) is 9.53 Å². The number of likely N-dealkylation sites (tertiary alicyclic amines) is 1. The van der Waals surface area contributed by atoms with Gasteiger partial charge in [0.2, 0.25) is 0 Å². The van der Waals surface area contributed by atoms with Gasteiger partial charge in [0.25, 0.3) is 5.91 Å². The van der Waals surface area contributed by atoms with Gasteiger partial charge in [0.15, 0.2) is 0 Å². The van der Waals surface area contributed by atoms with Crippen LogP contribution in [0.1, 0.15) is 12.8 Å². The fourth-order valence-corrected chi connectivity index (χ4v) is 2.00. The normalized spacial score (nSPS) is 24.3. The molecule has 19 heavy (non-hydrogen) atoms. The highest BCUT2D eigenvalue weighted by Crippen LogP contribution is 2.29. The fraction of sp³-hybridized carbons (Fsp3) is 0.900. The van der Waals surface area contributed by atoms with Crippen molar-refractivity contribution in [3.63, 3.8) is 0 Å². The van der Waals surface area contributed by atoms with Crippen molar-refractivity contribution in [1.82, 2.24) is 4.90 Å². The van der Waals surface area contributed by atoms with E-state index in [9.17, 15) is 22.4 Å². The van der Waals surface area contributed by atoms with Crippen LogP contribution in [0.3, 0.4) is 0 Å². The van der Waals surface area contributed by atoms with E-state index in [2.05, 4.69) is 0 Å². The summed E-state index contributed by atoms with van der Waals surface area (Å²) >= 11 is 0. The summed E-state index contributed by atoms with van der Waals surface area (Å²) in [5.41, 5.74) is 5.39. The van der Waals surface area contributed by atoms with Gasteiger partial charge >= 0.3 is 12.3 Å². The summed E-state index contributed by atoms with van der Waals surface area (Å²) in [5, 5.41) is 0. The number of amides is 1. The van der Waals surface area contributed by atoms with Gasteiger partial charge in [-0.2, -0.15) is 8.78 Å². The molecule has 1 amide bonds. The highest BCUT2D eigenvalue weighted by atomic mass is 35.5. The van der Waals surface area contributed by atoms with Crippen molar-refractivity contribution in [3.8, 4) is 0 Å². The first kappa shape index (κ1) is 18.4. The largest absolute Gasteiger partial charge is 0.383 e. The van der Waals surface area contributed by atoms with E-state index in [1.54, 1.807) is 0 Å². The molecule has 0 aromatic rings. The minimum Gasteiger partial charge on any atom is -0.381 e. The van der Waals surface area contributed by atoms with Crippen LogP contribution in [0, 0.1) is 0 Å². The highest BCUT2D eigenvalue weighted by Gasteiger charge is 2.52. The van der Waals surface area contributed by atoms with Crippen LogP contribution in [0.5, 0.6) is 0 Å². The number of carbonyl (C=O) groups excluding carboxylic acids is 1. The maximum atomic E-state index is 13.0. The van der Waals surface area contributed by atoms with Crippen molar-refractivity contribution in [3.05, 3.63) is 0 Å². The zero-order valence-corrected chi connectivity index (χ0v) is 11.1. The van der Waals surface area contributed by atoms with Crippen LogP contribution in [0.4, 0.5) is 17.6 Å². The number of ether oxygens (including phenoxy) is 1. The van der Waals surface area contributed by atoms with E-state index in [1.165, 1.54) is 7.11 Å². The monoisotopic (exact) mass is 308 g/mol. The van der Waals surface area contributed by atoms with Gasteiger partial charge in [-0.05, 0) is 12.8 Å². The third kappa shape index (κ3) is 3.93. The van der Waals surface area contributed by atoms with Crippen molar-refractivity contribution in [2.75, 3.05) is 20.2 Å². The van der Waals surface area contributed by atoms with Crippen molar-refractivity contribution in [2.45, 2.75) is 37.3 Å². The molecule has 2 atom stereocenters. The second-order valence-electron chi connectivity index (χ2n) is 4.19. The van der Waals surface area contributed by atoms with Gasteiger partial charge in [-0.3, -0.25) is 4.79 Å². The quantitative estimate of drug-likeness (QED) is 0.796. The van der Waals surface area contributed by atoms with E-state index < -0.39 is 24.3 Å². The van der Waals surface area contributed by atoms with E-state index in [4.69, 9.17) is 10.5 Å². The summed E-state index contributed by atoms with van der Waals surface area (Å²) in [6.07, 6.45) is -3.60. The Kier molecular flexibility index (Phi) is 7.02. The summed E-state index contributed by atoms with van der Waals surface area (Å²) in [4.78, 5) is 12.2. The number of hydrogen-bond donors (Lipinski definition) is 1. The molecule has 0 aromatic carbocycles. The lowest BCUT2D eigenvalue weighted by atomic mass is 9.98. The van der Waals surface area contributed by atoms with Gasteiger partial charge in [-0.15, -0.1) is 12.4 Å². The predicted octanol–water partition coefficient (Wildman–Crippen LogP) is 1.27. The molecule has 1 rings (SSSR count). The molecule has 0 radical (unpaired) electrons. The SMILES string of the molecule is COC1CCN(C(=O)C(F)(F)C(F)F)C(CN)C1.Cl. The maximum absolute atomic E-state index is 13.0. The smallest absolute Gasteiger partial charge is 0.381 e. The molecular formula is C10H17ClF4N2O2. The van der Waals surface area contributed by atoms with Crippen molar-refractivity contribution in [2.24, 2.45) is 5.73 Å². The Bertz CT molecular complexity index is 307. The number of nitrogens with zero attached hydrogens (tertiary/aromatic N) is 1. The van der Waals surface area contributed by atoms with Gasteiger partial charge in [0.05, 0.1) is 6.10 Å². The first-order valence-corrected chi connectivity index (χ1v) is 5.54. The van der Waals surface area contributed by atoms with Gasteiger partial charge < -0.3 is 15.4 Å². The second kappa shape index (κ2) is 7.25. The molecule has 2 unspecified atom stereocenters. The Balaban J connectivity index is 0.00000324. The standard InChI is InChI=1S/C10H16F4N2O2.ClH/c1-18-7-2-3-16(6(4-7)5-15)9(17)10(13,14)8(11)12;/h6-8H,2-5,15H2,1H3;1H. The summed E-state index contributed by atoms with van der Waals surface area (Å²) in [7, 11) is 1.46. The van der Waals surface area contributed by atoms with Crippen LogP contribution in [0.2, 0.25) is 0 Å². The number of nitrogens with two attached hydrogens (primary N) is 1. The molecule has 4 nitrogen and oxygen atoms in total. The third-order valence-electron chi connectivity index (χ3n) is 3.09. The van der Waals surface area contributed by atoms with Crippen molar-refractivity contribution < 1.29 is 27.1 Å². The predicted molar refractivity (Wildman–Crippen MR) is 62.8 cm³/mol. The van der Waals surface area contributed by atoms with Crippen LogP contribution >= 0.6 is 12.4 Å². The Hall–Kier alpha value is -0.600.